The number of hydrogen-bond donors (Lipinski definition) is 2. The molecule has 8 heteroatoms. The Bertz CT molecular complexity index is 554. The third-order valence-corrected chi connectivity index (χ3v) is 3.08. The topological polar surface area (TPSA) is 113 Å². The average molecular weight is 279 g/mol. The molecule has 2 rings (SSSR count). The van der Waals surface area contributed by atoms with Crippen LogP contribution in [0, 0.1) is 16.0 Å². The van der Waals surface area contributed by atoms with E-state index in [-0.39, 0.29) is 31.4 Å². The second-order valence-electron chi connectivity index (χ2n) is 4.53. The van der Waals surface area contributed by atoms with Crippen LogP contribution < -0.4 is 5.32 Å². The molecule has 0 radical (unpaired) electrons. The lowest BCUT2D eigenvalue weighted by molar-refractivity contribution is -0.384. The Hall–Kier alpha value is -2.64. The monoisotopic (exact) mass is 279 g/mol. The second kappa shape index (κ2) is 5.55. The molecule has 0 aromatic heterocycles. The standard InChI is InChI=1S/C12H13N3O5/c16-11(17)9-6-14(7-9)12(18)13-5-8-2-1-3-10(4-8)15(19)20/h1-4,9H,5-7H2,(H,13,18)(H,16,17). The average Bonchev–Trinajstić information content (AvgIpc) is 2.34. The molecule has 1 heterocycles. The summed E-state index contributed by atoms with van der Waals surface area (Å²) in [5.41, 5.74) is 0.578. The smallest absolute Gasteiger partial charge is 0.317 e. The molecule has 0 bridgehead atoms. The zero-order valence-corrected chi connectivity index (χ0v) is 10.5. The Labute approximate surface area is 114 Å². The first-order valence-corrected chi connectivity index (χ1v) is 5.96. The number of carboxylic acid groups (broad SMARTS) is 1. The van der Waals surface area contributed by atoms with Crippen LogP contribution in [0.1, 0.15) is 5.56 Å². The van der Waals surface area contributed by atoms with E-state index in [4.69, 9.17) is 5.11 Å². The lowest BCUT2D eigenvalue weighted by Crippen LogP contribution is -2.56. The van der Waals surface area contributed by atoms with E-state index < -0.39 is 16.8 Å². The normalized spacial score (nSPS) is 14.5. The molecule has 106 valence electrons. The van der Waals surface area contributed by atoms with E-state index in [1.54, 1.807) is 12.1 Å². The molecule has 1 aromatic rings. The van der Waals surface area contributed by atoms with Gasteiger partial charge in [0.15, 0.2) is 0 Å². The number of rotatable bonds is 4. The zero-order valence-electron chi connectivity index (χ0n) is 10.5. The molecule has 1 aliphatic rings. The molecule has 1 aliphatic heterocycles. The van der Waals surface area contributed by atoms with E-state index in [9.17, 15) is 19.7 Å². The van der Waals surface area contributed by atoms with Gasteiger partial charge in [0.05, 0.1) is 10.8 Å². The quantitative estimate of drug-likeness (QED) is 0.625. The number of urea groups is 1. The summed E-state index contributed by atoms with van der Waals surface area (Å²) in [6.45, 7) is 0.543. The van der Waals surface area contributed by atoms with E-state index >= 15 is 0 Å². The van der Waals surface area contributed by atoms with E-state index in [0.29, 0.717) is 5.56 Å². The van der Waals surface area contributed by atoms with Crippen molar-refractivity contribution in [2.45, 2.75) is 6.54 Å². The molecule has 1 saturated heterocycles. The Morgan fingerprint density at radius 2 is 2.15 bits per heavy atom. The van der Waals surface area contributed by atoms with Gasteiger partial charge < -0.3 is 15.3 Å². The maximum Gasteiger partial charge on any atom is 0.317 e. The van der Waals surface area contributed by atoms with Crippen molar-refractivity contribution >= 4 is 17.7 Å². The van der Waals surface area contributed by atoms with Gasteiger partial charge in [0.25, 0.3) is 5.69 Å². The third kappa shape index (κ3) is 3.02. The van der Waals surface area contributed by atoms with Crippen molar-refractivity contribution < 1.29 is 19.6 Å². The highest BCUT2D eigenvalue weighted by atomic mass is 16.6. The van der Waals surface area contributed by atoms with Gasteiger partial charge in [-0.25, -0.2) is 4.79 Å². The van der Waals surface area contributed by atoms with Crippen molar-refractivity contribution in [3.63, 3.8) is 0 Å². The highest BCUT2D eigenvalue weighted by molar-refractivity contribution is 5.79. The zero-order chi connectivity index (χ0) is 14.7. The Kier molecular flexibility index (Phi) is 3.83. The van der Waals surface area contributed by atoms with Crippen LogP contribution in [0.2, 0.25) is 0 Å². The molecule has 2 amide bonds. The van der Waals surface area contributed by atoms with Crippen molar-refractivity contribution in [3.05, 3.63) is 39.9 Å². The number of nitro benzene ring substituents is 1. The number of non-ortho nitro benzene ring substituents is 1. The molecule has 0 aliphatic carbocycles. The molecular weight excluding hydrogens is 266 g/mol. The molecule has 1 aromatic carbocycles. The fraction of sp³-hybridized carbons (Fsp3) is 0.333. The number of nitrogens with zero attached hydrogens (tertiary/aromatic N) is 2. The van der Waals surface area contributed by atoms with E-state index in [0.717, 1.165) is 0 Å². The molecule has 0 spiro atoms. The van der Waals surface area contributed by atoms with Gasteiger partial charge in [0.2, 0.25) is 0 Å². The van der Waals surface area contributed by atoms with Crippen LogP contribution in [0.5, 0.6) is 0 Å². The van der Waals surface area contributed by atoms with E-state index in [2.05, 4.69) is 5.32 Å². The second-order valence-corrected chi connectivity index (χ2v) is 4.53. The van der Waals surface area contributed by atoms with Crippen LogP contribution >= 0.6 is 0 Å². The number of benzene rings is 1. The summed E-state index contributed by atoms with van der Waals surface area (Å²) in [6, 6.07) is 5.61. The fourth-order valence-corrected chi connectivity index (χ4v) is 1.87. The van der Waals surface area contributed by atoms with Gasteiger partial charge in [0, 0.05) is 31.8 Å². The maximum atomic E-state index is 11.7. The number of carbonyl (C=O) groups excluding carboxylic acids is 1. The number of carbonyl (C=O) groups is 2. The minimum atomic E-state index is -0.910. The molecule has 0 unspecified atom stereocenters. The summed E-state index contributed by atoms with van der Waals surface area (Å²) < 4.78 is 0. The van der Waals surface area contributed by atoms with Crippen LogP contribution in [-0.4, -0.2) is 40.0 Å². The van der Waals surface area contributed by atoms with Crippen LogP contribution in [0.3, 0.4) is 0 Å². The summed E-state index contributed by atoms with van der Waals surface area (Å²) in [7, 11) is 0. The Balaban J connectivity index is 1.84. The number of nitro groups is 1. The van der Waals surface area contributed by atoms with Crippen molar-refractivity contribution in [2.24, 2.45) is 5.92 Å². The summed E-state index contributed by atoms with van der Waals surface area (Å²) in [4.78, 5) is 33.8. The predicted octanol–water partition coefficient (Wildman–Crippen LogP) is 0.821. The summed E-state index contributed by atoms with van der Waals surface area (Å²) in [5, 5.41) is 21.9. The molecule has 20 heavy (non-hydrogen) atoms. The minimum Gasteiger partial charge on any atom is -0.481 e. The van der Waals surface area contributed by atoms with Crippen molar-refractivity contribution in [1.82, 2.24) is 10.2 Å². The number of aliphatic carboxylic acids is 1. The van der Waals surface area contributed by atoms with Gasteiger partial charge in [-0.3, -0.25) is 14.9 Å². The SMILES string of the molecule is O=C(O)C1CN(C(=O)NCc2cccc([N+](=O)[O-])c2)C1. The highest BCUT2D eigenvalue weighted by Crippen LogP contribution is 2.16. The fourth-order valence-electron chi connectivity index (χ4n) is 1.87. The summed E-state index contributed by atoms with van der Waals surface area (Å²) in [5.74, 6) is -1.41. The number of hydrogen-bond acceptors (Lipinski definition) is 4. The summed E-state index contributed by atoms with van der Waals surface area (Å²) >= 11 is 0. The molecule has 0 atom stereocenters. The largest absolute Gasteiger partial charge is 0.481 e. The first-order valence-electron chi connectivity index (χ1n) is 5.96. The molecule has 1 fully saturated rings. The molecule has 2 N–H and O–H groups in total. The molecule has 8 nitrogen and oxygen atoms in total. The van der Waals surface area contributed by atoms with Gasteiger partial charge in [-0.05, 0) is 5.56 Å². The van der Waals surface area contributed by atoms with Gasteiger partial charge >= 0.3 is 12.0 Å². The first kappa shape index (κ1) is 13.8. The Morgan fingerprint density at radius 3 is 2.75 bits per heavy atom. The van der Waals surface area contributed by atoms with E-state index in [1.807, 2.05) is 0 Å². The molecular formula is C12H13N3O5. The van der Waals surface area contributed by atoms with Crippen LogP contribution in [0.4, 0.5) is 10.5 Å². The lowest BCUT2D eigenvalue weighted by Gasteiger charge is -2.36. The van der Waals surface area contributed by atoms with Crippen LogP contribution in [-0.2, 0) is 11.3 Å². The van der Waals surface area contributed by atoms with Crippen molar-refractivity contribution in [3.8, 4) is 0 Å². The third-order valence-electron chi connectivity index (χ3n) is 3.08. The van der Waals surface area contributed by atoms with Crippen LogP contribution in [0.25, 0.3) is 0 Å². The number of nitrogens with one attached hydrogen (secondary N) is 1. The first-order chi connectivity index (χ1) is 9.47. The van der Waals surface area contributed by atoms with Gasteiger partial charge in [-0.1, -0.05) is 12.1 Å². The van der Waals surface area contributed by atoms with Crippen molar-refractivity contribution in [1.29, 1.82) is 0 Å². The number of likely N-dealkylation sites (tertiary alicyclic amines) is 1. The predicted molar refractivity (Wildman–Crippen MR) is 68.0 cm³/mol. The maximum absolute atomic E-state index is 11.7. The van der Waals surface area contributed by atoms with Gasteiger partial charge in [0.1, 0.15) is 0 Å². The van der Waals surface area contributed by atoms with Crippen LogP contribution in [0.15, 0.2) is 24.3 Å². The van der Waals surface area contributed by atoms with Gasteiger partial charge in [-0.2, -0.15) is 0 Å². The number of amides is 2. The van der Waals surface area contributed by atoms with E-state index in [1.165, 1.54) is 17.0 Å². The number of carboxylic acids is 1. The lowest BCUT2D eigenvalue weighted by atomic mass is 10.0. The van der Waals surface area contributed by atoms with Gasteiger partial charge in [-0.15, -0.1) is 0 Å². The minimum absolute atomic E-state index is 0.0355. The summed E-state index contributed by atoms with van der Waals surface area (Å²) in [6.07, 6.45) is 0. The molecule has 0 saturated carbocycles. The highest BCUT2D eigenvalue weighted by Gasteiger charge is 2.35. The van der Waals surface area contributed by atoms with Crippen molar-refractivity contribution in [2.75, 3.05) is 13.1 Å². The Morgan fingerprint density at radius 1 is 1.45 bits per heavy atom.